The molecule has 2 atom stereocenters. The average molecular weight is 167 g/mol. The molecule has 0 saturated carbocycles. The van der Waals surface area contributed by atoms with Crippen molar-refractivity contribution in [2.75, 3.05) is 6.54 Å². The molecule has 1 saturated heterocycles. The highest BCUT2D eigenvalue weighted by atomic mass is 16.4. The van der Waals surface area contributed by atoms with Gasteiger partial charge in [0.25, 0.3) is 0 Å². The first-order valence-corrected chi connectivity index (χ1v) is 4.11. The van der Waals surface area contributed by atoms with Crippen molar-refractivity contribution in [2.45, 2.75) is 25.8 Å². The standard InChI is InChI=1S/C9H13NO2/c1-3-8-5-4-7(2)10(6-8)9(11)12/h1,7-8H,4-6H2,2H3,(H,11,12). The van der Waals surface area contributed by atoms with E-state index < -0.39 is 6.09 Å². The Kier molecular flexibility index (Phi) is 2.59. The Morgan fingerprint density at radius 1 is 1.67 bits per heavy atom. The summed E-state index contributed by atoms with van der Waals surface area (Å²) >= 11 is 0. The van der Waals surface area contributed by atoms with Crippen molar-refractivity contribution in [3.8, 4) is 12.3 Å². The minimum absolute atomic E-state index is 0.109. The van der Waals surface area contributed by atoms with Crippen LogP contribution in [0.2, 0.25) is 0 Å². The lowest BCUT2D eigenvalue weighted by molar-refractivity contribution is 0.102. The number of piperidine rings is 1. The topological polar surface area (TPSA) is 40.5 Å². The molecule has 0 spiro atoms. The second-order valence-electron chi connectivity index (χ2n) is 3.22. The van der Waals surface area contributed by atoms with Crippen LogP contribution in [-0.4, -0.2) is 28.7 Å². The molecule has 1 rings (SSSR count). The molecule has 1 fully saturated rings. The molecule has 0 radical (unpaired) electrons. The third-order valence-electron chi connectivity index (χ3n) is 2.36. The number of rotatable bonds is 0. The summed E-state index contributed by atoms with van der Waals surface area (Å²) in [7, 11) is 0. The predicted octanol–water partition coefficient (Wildman–Crippen LogP) is 1.40. The molecule has 3 nitrogen and oxygen atoms in total. The second-order valence-corrected chi connectivity index (χ2v) is 3.22. The molecule has 2 unspecified atom stereocenters. The van der Waals surface area contributed by atoms with Crippen LogP contribution in [-0.2, 0) is 0 Å². The Hall–Kier alpha value is -1.17. The molecule has 3 heteroatoms. The van der Waals surface area contributed by atoms with E-state index in [4.69, 9.17) is 11.5 Å². The Morgan fingerprint density at radius 3 is 2.83 bits per heavy atom. The van der Waals surface area contributed by atoms with Crippen LogP contribution < -0.4 is 0 Å². The first-order chi connectivity index (χ1) is 5.65. The molecule has 1 aliphatic rings. The number of terminal acetylenes is 1. The summed E-state index contributed by atoms with van der Waals surface area (Å²) in [6, 6.07) is 0.118. The highest BCUT2D eigenvalue weighted by molar-refractivity contribution is 5.65. The largest absolute Gasteiger partial charge is 0.465 e. The zero-order chi connectivity index (χ0) is 9.14. The quantitative estimate of drug-likeness (QED) is 0.554. The monoisotopic (exact) mass is 167 g/mol. The fourth-order valence-electron chi connectivity index (χ4n) is 1.51. The van der Waals surface area contributed by atoms with Crippen molar-refractivity contribution < 1.29 is 9.90 Å². The maximum Gasteiger partial charge on any atom is 0.407 e. The van der Waals surface area contributed by atoms with Crippen LogP contribution in [0.4, 0.5) is 4.79 Å². The zero-order valence-corrected chi connectivity index (χ0v) is 7.16. The third-order valence-corrected chi connectivity index (χ3v) is 2.36. The summed E-state index contributed by atoms with van der Waals surface area (Å²) in [5, 5.41) is 8.78. The fourth-order valence-corrected chi connectivity index (χ4v) is 1.51. The molecule has 0 aromatic rings. The molecule has 0 aliphatic carbocycles. The van der Waals surface area contributed by atoms with Crippen molar-refractivity contribution in [3.63, 3.8) is 0 Å². The van der Waals surface area contributed by atoms with Gasteiger partial charge < -0.3 is 10.0 Å². The Labute approximate surface area is 72.4 Å². The number of nitrogens with zero attached hydrogens (tertiary/aromatic N) is 1. The minimum atomic E-state index is -0.859. The minimum Gasteiger partial charge on any atom is -0.465 e. The number of hydrogen-bond acceptors (Lipinski definition) is 1. The lowest BCUT2D eigenvalue weighted by Gasteiger charge is -2.33. The van der Waals surface area contributed by atoms with Crippen LogP contribution >= 0.6 is 0 Å². The molecular weight excluding hydrogens is 154 g/mol. The Morgan fingerprint density at radius 2 is 2.33 bits per heavy atom. The smallest absolute Gasteiger partial charge is 0.407 e. The van der Waals surface area contributed by atoms with E-state index in [1.54, 1.807) is 0 Å². The summed E-state index contributed by atoms with van der Waals surface area (Å²) in [4.78, 5) is 12.1. The van der Waals surface area contributed by atoms with Crippen LogP contribution in [0.25, 0.3) is 0 Å². The molecule has 1 aliphatic heterocycles. The highest BCUT2D eigenvalue weighted by Gasteiger charge is 2.27. The van der Waals surface area contributed by atoms with Gasteiger partial charge in [-0.2, -0.15) is 0 Å². The highest BCUT2D eigenvalue weighted by Crippen LogP contribution is 2.20. The van der Waals surface area contributed by atoms with E-state index in [1.807, 2.05) is 6.92 Å². The van der Waals surface area contributed by atoms with Gasteiger partial charge in [-0.3, -0.25) is 0 Å². The van der Waals surface area contributed by atoms with Gasteiger partial charge >= 0.3 is 6.09 Å². The van der Waals surface area contributed by atoms with E-state index in [-0.39, 0.29) is 12.0 Å². The van der Waals surface area contributed by atoms with E-state index in [9.17, 15) is 4.79 Å². The summed E-state index contributed by atoms with van der Waals surface area (Å²) in [6.45, 7) is 2.41. The number of carboxylic acid groups (broad SMARTS) is 1. The van der Waals surface area contributed by atoms with Gasteiger partial charge in [-0.1, -0.05) is 0 Å². The maximum absolute atomic E-state index is 10.7. The summed E-state index contributed by atoms with van der Waals surface area (Å²) in [5.74, 6) is 2.71. The van der Waals surface area contributed by atoms with Gasteiger partial charge in [-0.25, -0.2) is 4.79 Å². The molecule has 1 N–H and O–H groups in total. The maximum atomic E-state index is 10.7. The first kappa shape index (κ1) is 8.92. The van der Waals surface area contributed by atoms with Gasteiger partial charge in [0.1, 0.15) is 0 Å². The first-order valence-electron chi connectivity index (χ1n) is 4.11. The van der Waals surface area contributed by atoms with Gasteiger partial charge in [0.15, 0.2) is 0 Å². The van der Waals surface area contributed by atoms with Crippen molar-refractivity contribution in [3.05, 3.63) is 0 Å². The van der Waals surface area contributed by atoms with E-state index in [1.165, 1.54) is 4.90 Å². The molecule has 12 heavy (non-hydrogen) atoms. The normalized spacial score (nSPS) is 29.5. The van der Waals surface area contributed by atoms with Crippen molar-refractivity contribution in [2.24, 2.45) is 5.92 Å². The average Bonchev–Trinajstić information content (AvgIpc) is 2.05. The van der Waals surface area contributed by atoms with Crippen LogP contribution in [0.1, 0.15) is 19.8 Å². The van der Waals surface area contributed by atoms with Gasteiger partial charge in [0.05, 0.1) is 0 Å². The molecule has 1 amide bonds. The summed E-state index contributed by atoms with van der Waals surface area (Å²) < 4.78 is 0. The molecule has 0 bridgehead atoms. The van der Waals surface area contributed by atoms with Crippen molar-refractivity contribution in [1.82, 2.24) is 4.90 Å². The number of likely N-dealkylation sites (tertiary alicyclic amines) is 1. The lowest BCUT2D eigenvalue weighted by Crippen LogP contribution is -2.44. The number of hydrogen-bond donors (Lipinski definition) is 1. The molecule has 1 heterocycles. The SMILES string of the molecule is C#CC1CCC(C)N(C(=O)O)C1. The van der Waals surface area contributed by atoms with E-state index in [2.05, 4.69) is 5.92 Å². The van der Waals surface area contributed by atoms with Crippen LogP contribution in [0, 0.1) is 18.3 Å². The van der Waals surface area contributed by atoms with E-state index >= 15 is 0 Å². The summed E-state index contributed by atoms with van der Waals surface area (Å²) in [5.41, 5.74) is 0. The van der Waals surface area contributed by atoms with Gasteiger partial charge in [-0.05, 0) is 19.8 Å². The molecular formula is C9H13NO2. The summed E-state index contributed by atoms with van der Waals surface area (Å²) in [6.07, 6.45) is 6.20. The molecule has 66 valence electrons. The number of carbonyl (C=O) groups is 1. The van der Waals surface area contributed by atoms with Crippen LogP contribution in [0.3, 0.4) is 0 Å². The van der Waals surface area contributed by atoms with E-state index in [0.29, 0.717) is 6.54 Å². The van der Waals surface area contributed by atoms with Crippen LogP contribution in [0.5, 0.6) is 0 Å². The van der Waals surface area contributed by atoms with Gasteiger partial charge in [0, 0.05) is 18.5 Å². The Balaban J connectivity index is 2.60. The van der Waals surface area contributed by atoms with Gasteiger partial charge in [-0.15, -0.1) is 12.3 Å². The zero-order valence-electron chi connectivity index (χ0n) is 7.16. The van der Waals surface area contributed by atoms with Crippen LogP contribution in [0.15, 0.2) is 0 Å². The second kappa shape index (κ2) is 3.48. The van der Waals surface area contributed by atoms with Crippen molar-refractivity contribution in [1.29, 1.82) is 0 Å². The molecule has 0 aromatic heterocycles. The number of amides is 1. The fraction of sp³-hybridized carbons (Fsp3) is 0.667. The third kappa shape index (κ3) is 1.70. The lowest BCUT2D eigenvalue weighted by atomic mass is 9.95. The van der Waals surface area contributed by atoms with Crippen molar-refractivity contribution >= 4 is 6.09 Å². The van der Waals surface area contributed by atoms with E-state index in [0.717, 1.165) is 12.8 Å². The Bertz CT molecular complexity index is 219. The van der Waals surface area contributed by atoms with Gasteiger partial charge in [0.2, 0.25) is 0 Å². The predicted molar refractivity (Wildman–Crippen MR) is 45.7 cm³/mol. The molecule has 0 aromatic carbocycles.